The molecule has 6 heteroatoms. The molecular formula is C13H11Cl2NO2S. The molecule has 0 radical (unpaired) electrons. The Hall–Kier alpha value is -1.10. The number of hydrogen-bond acceptors (Lipinski definition) is 3. The molecule has 0 aliphatic heterocycles. The van der Waals surface area contributed by atoms with Gasteiger partial charge in [0.05, 0.1) is 14.9 Å². The zero-order chi connectivity index (χ0) is 14.0. The second-order valence-corrected chi connectivity index (χ2v) is 5.89. The van der Waals surface area contributed by atoms with Gasteiger partial charge < -0.3 is 5.11 Å². The molecule has 0 amide bonds. The van der Waals surface area contributed by atoms with Crippen molar-refractivity contribution in [1.82, 2.24) is 4.98 Å². The topological polar surface area (TPSA) is 50.2 Å². The van der Waals surface area contributed by atoms with E-state index >= 15 is 0 Å². The second-order valence-electron chi connectivity index (χ2n) is 3.96. The van der Waals surface area contributed by atoms with Crippen LogP contribution >= 0.6 is 34.5 Å². The molecule has 0 aliphatic rings. The van der Waals surface area contributed by atoms with Crippen molar-refractivity contribution in [3.8, 4) is 10.4 Å². The molecule has 0 unspecified atom stereocenters. The van der Waals surface area contributed by atoms with Gasteiger partial charge in [-0.05, 0) is 25.0 Å². The Labute approximate surface area is 124 Å². The minimum Gasteiger partial charge on any atom is -0.476 e. The molecule has 2 rings (SSSR count). The lowest BCUT2D eigenvalue weighted by Gasteiger charge is -2.02. The van der Waals surface area contributed by atoms with Gasteiger partial charge in [0, 0.05) is 10.6 Å². The summed E-state index contributed by atoms with van der Waals surface area (Å²) in [5.74, 6) is -1.04. The molecule has 1 aromatic carbocycles. The molecule has 19 heavy (non-hydrogen) atoms. The summed E-state index contributed by atoms with van der Waals surface area (Å²) in [5.41, 5.74) is 0.709. The Balaban J connectivity index is 2.56. The maximum absolute atomic E-state index is 11.3. The smallest absolute Gasteiger partial charge is 0.356 e. The van der Waals surface area contributed by atoms with Crippen LogP contribution in [-0.4, -0.2) is 16.1 Å². The fourth-order valence-corrected chi connectivity index (χ4v) is 3.44. The molecule has 100 valence electrons. The van der Waals surface area contributed by atoms with Crippen LogP contribution in [0.1, 0.15) is 28.8 Å². The summed E-state index contributed by atoms with van der Waals surface area (Å²) in [7, 11) is 0. The fraction of sp³-hybridized carbons (Fsp3) is 0.231. The summed E-state index contributed by atoms with van der Waals surface area (Å²) in [6.45, 7) is 2.02. The predicted molar refractivity (Wildman–Crippen MR) is 78.5 cm³/mol. The maximum atomic E-state index is 11.3. The van der Waals surface area contributed by atoms with E-state index in [1.807, 2.05) is 6.92 Å². The van der Waals surface area contributed by atoms with Gasteiger partial charge in [-0.15, -0.1) is 11.3 Å². The first-order chi connectivity index (χ1) is 9.02. The lowest BCUT2D eigenvalue weighted by atomic mass is 10.1. The van der Waals surface area contributed by atoms with Gasteiger partial charge in [0.25, 0.3) is 0 Å². The van der Waals surface area contributed by atoms with E-state index in [0.29, 0.717) is 20.5 Å². The summed E-state index contributed by atoms with van der Waals surface area (Å²) >= 11 is 13.3. The van der Waals surface area contributed by atoms with Crippen LogP contribution in [0.4, 0.5) is 0 Å². The van der Waals surface area contributed by atoms with Crippen LogP contribution in [-0.2, 0) is 6.42 Å². The van der Waals surface area contributed by atoms with E-state index in [4.69, 9.17) is 23.2 Å². The van der Waals surface area contributed by atoms with Crippen LogP contribution in [0.15, 0.2) is 18.2 Å². The highest BCUT2D eigenvalue weighted by molar-refractivity contribution is 7.15. The number of benzene rings is 1. The Kier molecular flexibility index (Phi) is 4.45. The van der Waals surface area contributed by atoms with Gasteiger partial charge in [0.2, 0.25) is 0 Å². The van der Waals surface area contributed by atoms with Crippen LogP contribution in [0.25, 0.3) is 10.4 Å². The van der Waals surface area contributed by atoms with Crippen molar-refractivity contribution in [3.05, 3.63) is 38.9 Å². The van der Waals surface area contributed by atoms with Gasteiger partial charge >= 0.3 is 5.97 Å². The molecule has 3 nitrogen and oxygen atoms in total. The van der Waals surface area contributed by atoms with Crippen molar-refractivity contribution in [2.75, 3.05) is 0 Å². The first-order valence-corrected chi connectivity index (χ1v) is 7.28. The quantitative estimate of drug-likeness (QED) is 0.884. The van der Waals surface area contributed by atoms with Gasteiger partial charge in [-0.25, -0.2) is 9.78 Å². The second kappa shape index (κ2) is 5.90. The number of hydrogen-bond donors (Lipinski definition) is 1. The first-order valence-electron chi connectivity index (χ1n) is 5.71. The highest BCUT2D eigenvalue weighted by Gasteiger charge is 2.20. The normalized spacial score (nSPS) is 10.7. The zero-order valence-corrected chi connectivity index (χ0v) is 12.4. The van der Waals surface area contributed by atoms with Crippen LogP contribution in [0.3, 0.4) is 0 Å². The minimum atomic E-state index is -1.04. The molecule has 1 N–H and O–H groups in total. The van der Waals surface area contributed by atoms with Crippen LogP contribution in [0.5, 0.6) is 0 Å². The van der Waals surface area contributed by atoms with Crippen LogP contribution in [0.2, 0.25) is 10.0 Å². The molecule has 0 atom stereocenters. The van der Waals surface area contributed by atoms with Gasteiger partial charge in [-0.2, -0.15) is 0 Å². The van der Waals surface area contributed by atoms with E-state index in [1.165, 1.54) is 11.3 Å². The average molecular weight is 316 g/mol. The van der Waals surface area contributed by atoms with Gasteiger partial charge in [-0.3, -0.25) is 0 Å². The number of thiazole rings is 1. The molecule has 1 heterocycles. The Morgan fingerprint density at radius 2 is 2.16 bits per heavy atom. The largest absolute Gasteiger partial charge is 0.476 e. The molecule has 0 aliphatic carbocycles. The number of carboxylic acids is 1. The van der Waals surface area contributed by atoms with Gasteiger partial charge in [-0.1, -0.05) is 36.2 Å². The number of aromatic carboxylic acids is 1. The van der Waals surface area contributed by atoms with Crippen molar-refractivity contribution in [2.24, 2.45) is 0 Å². The highest BCUT2D eigenvalue weighted by Crippen LogP contribution is 2.36. The standard InChI is InChI=1S/C13H11Cl2NO2S/c1-2-3-10-16-11(13(17)18)12(19-10)8-5-4-7(14)6-9(8)15/h4-6H,2-3H2,1H3,(H,17,18). The molecule has 0 spiro atoms. The number of aromatic nitrogens is 1. The van der Waals surface area contributed by atoms with Crippen LogP contribution in [0, 0.1) is 0 Å². The van der Waals surface area contributed by atoms with Gasteiger partial charge in [0.1, 0.15) is 0 Å². The lowest BCUT2D eigenvalue weighted by Crippen LogP contribution is -1.99. The summed E-state index contributed by atoms with van der Waals surface area (Å²) in [6, 6.07) is 5.01. The molecule has 1 aromatic heterocycles. The molecule has 0 fully saturated rings. The van der Waals surface area contributed by atoms with Crippen molar-refractivity contribution in [3.63, 3.8) is 0 Å². The van der Waals surface area contributed by atoms with E-state index in [1.54, 1.807) is 18.2 Å². The molecule has 0 saturated carbocycles. The van der Waals surface area contributed by atoms with E-state index in [2.05, 4.69) is 4.98 Å². The third-order valence-electron chi connectivity index (χ3n) is 2.51. The highest BCUT2D eigenvalue weighted by atomic mass is 35.5. The third-order valence-corrected chi connectivity index (χ3v) is 4.21. The zero-order valence-electron chi connectivity index (χ0n) is 10.1. The minimum absolute atomic E-state index is 0.0534. The monoisotopic (exact) mass is 315 g/mol. The fourth-order valence-electron chi connectivity index (χ4n) is 1.69. The van der Waals surface area contributed by atoms with Gasteiger partial charge in [0.15, 0.2) is 5.69 Å². The Bertz CT molecular complexity index is 625. The van der Waals surface area contributed by atoms with E-state index in [0.717, 1.165) is 17.8 Å². The van der Waals surface area contributed by atoms with E-state index < -0.39 is 5.97 Å². The molecular weight excluding hydrogens is 305 g/mol. The van der Waals surface area contributed by atoms with Crippen molar-refractivity contribution in [2.45, 2.75) is 19.8 Å². The third kappa shape index (κ3) is 3.08. The molecule has 0 bridgehead atoms. The number of nitrogens with zero attached hydrogens (tertiary/aromatic N) is 1. The predicted octanol–water partition coefficient (Wildman–Crippen LogP) is 4.77. The summed E-state index contributed by atoms with van der Waals surface area (Å²) < 4.78 is 0. The number of rotatable bonds is 4. The van der Waals surface area contributed by atoms with E-state index in [-0.39, 0.29) is 5.69 Å². The SMILES string of the molecule is CCCc1nc(C(=O)O)c(-c2ccc(Cl)cc2Cl)s1. The van der Waals surface area contributed by atoms with Crippen molar-refractivity contribution < 1.29 is 9.90 Å². The number of halogens is 2. The molecule has 2 aromatic rings. The van der Waals surface area contributed by atoms with E-state index in [9.17, 15) is 9.90 Å². The Morgan fingerprint density at radius 1 is 1.42 bits per heavy atom. The Morgan fingerprint density at radius 3 is 2.74 bits per heavy atom. The number of aryl methyl sites for hydroxylation is 1. The first kappa shape index (κ1) is 14.3. The number of carboxylic acid groups (broad SMARTS) is 1. The molecule has 0 saturated heterocycles. The maximum Gasteiger partial charge on any atom is 0.356 e. The number of carbonyl (C=O) groups is 1. The van der Waals surface area contributed by atoms with Crippen molar-refractivity contribution >= 4 is 40.5 Å². The van der Waals surface area contributed by atoms with Crippen molar-refractivity contribution in [1.29, 1.82) is 0 Å². The summed E-state index contributed by atoms with van der Waals surface area (Å²) in [5, 5.41) is 11.0. The summed E-state index contributed by atoms with van der Waals surface area (Å²) in [4.78, 5) is 16.0. The lowest BCUT2D eigenvalue weighted by molar-refractivity contribution is 0.0692. The summed E-state index contributed by atoms with van der Waals surface area (Å²) in [6.07, 6.45) is 1.68. The van der Waals surface area contributed by atoms with Crippen LogP contribution < -0.4 is 0 Å². The average Bonchev–Trinajstić information content (AvgIpc) is 2.73.